The van der Waals surface area contributed by atoms with Crippen molar-refractivity contribution in [3.63, 3.8) is 0 Å². The summed E-state index contributed by atoms with van der Waals surface area (Å²) in [6, 6.07) is 8.47. The third-order valence-electron chi connectivity index (χ3n) is 3.42. The van der Waals surface area contributed by atoms with Gasteiger partial charge in [-0.1, -0.05) is 13.0 Å². The van der Waals surface area contributed by atoms with E-state index < -0.39 is 0 Å². The van der Waals surface area contributed by atoms with E-state index in [1.165, 1.54) is 14.9 Å². The molecule has 0 saturated heterocycles. The summed E-state index contributed by atoms with van der Waals surface area (Å²) in [5, 5.41) is 5.70. The highest BCUT2D eigenvalue weighted by Crippen LogP contribution is 2.31. The Bertz CT molecular complexity index is 585. The molecule has 1 aromatic heterocycles. The zero-order valence-electron chi connectivity index (χ0n) is 12.5. The van der Waals surface area contributed by atoms with Gasteiger partial charge in [-0.25, -0.2) is 0 Å². The average molecular weight is 370 g/mol. The minimum Gasteiger partial charge on any atom is -0.493 e. The summed E-state index contributed by atoms with van der Waals surface area (Å²) in [6.07, 6.45) is 1.01. The minimum atomic E-state index is 0.291. The van der Waals surface area contributed by atoms with E-state index in [9.17, 15) is 0 Å². The Morgan fingerprint density at radius 1 is 1.19 bits per heavy atom. The molecule has 3 nitrogen and oxygen atoms in total. The van der Waals surface area contributed by atoms with Gasteiger partial charge in [-0.2, -0.15) is 0 Å². The highest BCUT2D eigenvalue weighted by molar-refractivity contribution is 9.10. The molecule has 0 radical (unpaired) electrons. The molecule has 5 heteroatoms. The summed E-state index contributed by atoms with van der Waals surface area (Å²) in [5.41, 5.74) is 1.21. The van der Waals surface area contributed by atoms with Gasteiger partial charge in [-0.05, 0) is 51.5 Å². The van der Waals surface area contributed by atoms with Crippen LogP contribution in [0.3, 0.4) is 0 Å². The molecule has 1 unspecified atom stereocenters. The van der Waals surface area contributed by atoms with Gasteiger partial charge < -0.3 is 14.8 Å². The lowest BCUT2D eigenvalue weighted by Crippen LogP contribution is -2.20. The van der Waals surface area contributed by atoms with Crippen molar-refractivity contribution in [2.75, 3.05) is 14.2 Å². The van der Waals surface area contributed by atoms with Gasteiger partial charge in [0, 0.05) is 21.9 Å². The van der Waals surface area contributed by atoms with Gasteiger partial charge >= 0.3 is 0 Å². The van der Waals surface area contributed by atoms with E-state index in [2.05, 4.69) is 45.7 Å². The van der Waals surface area contributed by atoms with Crippen LogP contribution in [0.25, 0.3) is 0 Å². The van der Waals surface area contributed by atoms with Gasteiger partial charge in [-0.3, -0.25) is 0 Å². The van der Waals surface area contributed by atoms with E-state index in [-0.39, 0.29) is 0 Å². The average Bonchev–Trinajstić information content (AvgIpc) is 2.93. The lowest BCUT2D eigenvalue weighted by atomic mass is 10.0. The van der Waals surface area contributed by atoms with Crippen molar-refractivity contribution in [2.45, 2.75) is 25.9 Å². The molecule has 2 rings (SSSR count). The van der Waals surface area contributed by atoms with Crippen molar-refractivity contribution in [1.82, 2.24) is 5.32 Å². The SMILES string of the molecule is CCC(NCc1sccc1Br)c1ccc(OC)c(OC)c1. The molecule has 1 atom stereocenters. The van der Waals surface area contributed by atoms with Crippen LogP contribution in [-0.2, 0) is 6.54 Å². The fraction of sp³-hybridized carbons (Fsp3) is 0.375. The Balaban J connectivity index is 2.12. The maximum absolute atomic E-state index is 5.38. The zero-order valence-corrected chi connectivity index (χ0v) is 14.9. The first-order valence-corrected chi connectivity index (χ1v) is 8.54. The van der Waals surface area contributed by atoms with Crippen LogP contribution in [0.4, 0.5) is 0 Å². The third kappa shape index (κ3) is 3.99. The van der Waals surface area contributed by atoms with Gasteiger partial charge in [0.05, 0.1) is 14.2 Å². The molecule has 0 aliphatic heterocycles. The highest BCUT2D eigenvalue weighted by Gasteiger charge is 2.13. The van der Waals surface area contributed by atoms with Gasteiger partial charge in [0.1, 0.15) is 0 Å². The van der Waals surface area contributed by atoms with Gasteiger partial charge in [0.15, 0.2) is 11.5 Å². The minimum absolute atomic E-state index is 0.291. The Kier molecular flexibility index (Phi) is 6.08. The summed E-state index contributed by atoms with van der Waals surface area (Å²) in [6.45, 7) is 3.03. The second-order valence-electron chi connectivity index (χ2n) is 4.65. The molecule has 0 amide bonds. The fourth-order valence-electron chi connectivity index (χ4n) is 2.23. The van der Waals surface area contributed by atoms with Gasteiger partial charge in [0.2, 0.25) is 0 Å². The largest absolute Gasteiger partial charge is 0.493 e. The summed E-state index contributed by atoms with van der Waals surface area (Å²) in [4.78, 5) is 1.31. The van der Waals surface area contributed by atoms with Crippen LogP contribution in [0.15, 0.2) is 34.1 Å². The van der Waals surface area contributed by atoms with E-state index in [1.807, 2.05) is 12.1 Å². The first kappa shape index (κ1) is 16.3. The monoisotopic (exact) mass is 369 g/mol. The summed E-state index contributed by atoms with van der Waals surface area (Å²) in [5.74, 6) is 1.53. The first-order chi connectivity index (χ1) is 10.2. The Labute approximate surface area is 138 Å². The Morgan fingerprint density at radius 3 is 2.52 bits per heavy atom. The Hall–Kier alpha value is -1.04. The standard InChI is InChI=1S/C16H20BrNO2S/c1-4-13(18-10-16-12(17)7-8-21-16)11-5-6-14(19-2)15(9-11)20-3/h5-9,13,18H,4,10H2,1-3H3. The van der Waals surface area contributed by atoms with E-state index in [0.717, 1.165) is 24.5 Å². The fourth-order valence-corrected chi connectivity index (χ4v) is 3.68. The molecule has 21 heavy (non-hydrogen) atoms. The summed E-state index contributed by atoms with van der Waals surface area (Å²) < 4.78 is 11.8. The zero-order chi connectivity index (χ0) is 15.2. The second-order valence-corrected chi connectivity index (χ2v) is 6.50. The molecule has 1 N–H and O–H groups in total. The normalized spacial score (nSPS) is 12.2. The van der Waals surface area contributed by atoms with Gasteiger partial charge in [0.25, 0.3) is 0 Å². The van der Waals surface area contributed by atoms with Crippen LogP contribution in [0.5, 0.6) is 11.5 Å². The van der Waals surface area contributed by atoms with E-state index in [4.69, 9.17) is 9.47 Å². The molecule has 0 bridgehead atoms. The molecule has 0 aliphatic rings. The smallest absolute Gasteiger partial charge is 0.161 e. The maximum atomic E-state index is 5.38. The molecular formula is C16H20BrNO2S. The van der Waals surface area contributed by atoms with Crippen molar-refractivity contribution in [2.24, 2.45) is 0 Å². The molecule has 0 fully saturated rings. The van der Waals surface area contributed by atoms with Crippen molar-refractivity contribution in [3.8, 4) is 11.5 Å². The lowest BCUT2D eigenvalue weighted by molar-refractivity contribution is 0.353. The third-order valence-corrected chi connectivity index (χ3v) is 5.34. The second kappa shape index (κ2) is 7.82. The number of hydrogen-bond acceptors (Lipinski definition) is 4. The van der Waals surface area contributed by atoms with Crippen LogP contribution in [0.2, 0.25) is 0 Å². The molecule has 1 aromatic carbocycles. The molecule has 0 spiro atoms. The lowest BCUT2D eigenvalue weighted by Gasteiger charge is -2.19. The highest BCUT2D eigenvalue weighted by atomic mass is 79.9. The molecule has 114 valence electrons. The van der Waals surface area contributed by atoms with Crippen molar-refractivity contribution in [3.05, 3.63) is 44.6 Å². The Morgan fingerprint density at radius 2 is 1.95 bits per heavy atom. The molecule has 0 saturated carbocycles. The number of rotatable bonds is 7. The van der Waals surface area contributed by atoms with E-state index in [0.29, 0.717) is 6.04 Å². The number of benzene rings is 1. The number of ether oxygens (including phenoxy) is 2. The van der Waals surface area contributed by atoms with Crippen molar-refractivity contribution < 1.29 is 9.47 Å². The van der Waals surface area contributed by atoms with Crippen molar-refractivity contribution in [1.29, 1.82) is 0 Å². The summed E-state index contributed by atoms with van der Waals surface area (Å²) >= 11 is 5.33. The maximum Gasteiger partial charge on any atom is 0.161 e. The number of nitrogens with one attached hydrogen (secondary N) is 1. The molecule has 0 aliphatic carbocycles. The topological polar surface area (TPSA) is 30.5 Å². The molecule has 2 aromatic rings. The first-order valence-electron chi connectivity index (χ1n) is 6.86. The number of halogens is 1. The van der Waals surface area contributed by atoms with Crippen molar-refractivity contribution >= 4 is 27.3 Å². The van der Waals surface area contributed by atoms with Crippen LogP contribution >= 0.6 is 27.3 Å². The quantitative estimate of drug-likeness (QED) is 0.762. The van der Waals surface area contributed by atoms with E-state index in [1.54, 1.807) is 25.6 Å². The van der Waals surface area contributed by atoms with E-state index >= 15 is 0 Å². The number of hydrogen-bond donors (Lipinski definition) is 1. The summed E-state index contributed by atoms with van der Waals surface area (Å²) in [7, 11) is 3.32. The molecular weight excluding hydrogens is 350 g/mol. The van der Waals surface area contributed by atoms with Crippen LogP contribution < -0.4 is 14.8 Å². The van der Waals surface area contributed by atoms with Crippen LogP contribution in [0.1, 0.15) is 29.8 Å². The predicted octanol–water partition coefficient (Wildman–Crippen LogP) is 4.77. The number of thiophene rings is 1. The van der Waals surface area contributed by atoms with Crippen LogP contribution in [-0.4, -0.2) is 14.2 Å². The molecule has 1 heterocycles. The van der Waals surface area contributed by atoms with Crippen LogP contribution in [0, 0.1) is 0 Å². The predicted molar refractivity (Wildman–Crippen MR) is 91.4 cm³/mol. The number of methoxy groups -OCH3 is 2. The van der Waals surface area contributed by atoms with Gasteiger partial charge in [-0.15, -0.1) is 11.3 Å².